The molecule has 0 N–H and O–H groups in total. The van der Waals surface area contributed by atoms with Gasteiger partial charge in [-0.25, -0.2) is 0 Å². The van der Waals surface area contributed by atoms with Crippen LogP contribution in [0, 0.1) is 0 Å². The van der Waals surface area contributed by atoms with Crippen molar-refractivity contribution in [3.05, 3.63) is 193 Å². The van der Waals surface area contributed by atoms with Gasteiger partial charge in [-0.1, -0.05) is 178 Å². The highest BCUT2D eigenvalue weighted by Crippen LogP contribution is 2.52. The zero-order chi connectivity index (χ0) is 34.1. The molecule has 0 saturated heterocycles. The highest BCUT2D eigenvalue weighted by atomic mass is 14.4. The summed E-state index contributed by atoms with van der Waals surface area (Å²) in [5, 5.41) is 7.58. The lowest BCUT2D eigenvalue weighted by Gasteiger charge is -2.22. The van der Waals surface area contributed by atoms with Crippen LogP contribution in [0.4, 0.5) is 0 Å². The summed E-state index contributed by atoms with van der Waals surface area (Å²) in [5.41, 5.74) is 15.4. The van der Waals surface area contributed by atoms with Crippen molar-refractivity contribution in [2.24, 2.45) is 0 Å². The minimum Gasteiger partial charge on any atom is -0.0622 e. The van der Waals surface area contributed by atoms with E-state index in [1.807, 2.05) is 0 Å². The van der Waals surface area contributed by atoms with Crippen molar-refractivity contribution in [1.29, 1.82) is 0 Å². The maximum atomic E-state index is 2.46. The van der Waals surface area contributed by atoms with Crippen LogP contribution in [0.1, 0.15) is 25.0 Å². The zero-order valence-electron chi connectivity index (χ0n) is 28.8. The molecule has 9 aromatic carbocycles. The standard InChI is InChI=1S/C51H36/c1-51(2)47-23-13-12-19-40(47)45-32-38(27-29-48(45)51)49-42-21-10-11-22-43(42)50(41-20-9-8-18-39(41)34-15-4-3-5-16-34)44-28-26-37(31-46(44)49)36-25-24-33-14-6-7-17-35(33)30-36/h3-32H,1-2H3. The van der Waals surface area contributed by atoms with Crippen molar-refractivity contribution in [1.82, 2.24) is 0 Å². The van der Waals surface area contributed by atoms with E-state index in [2.05, 4.69) is 196 Å². The molecule has 0 nitrogen and oxygen atoms in total. The molecule has 1 aliphatic carbocycles. The van der Waals surface area contributed by atoms with Crippen LogP contribution in [-0.2, 0) is 5.41 Å². The Labute approximate surface area is 299 Å². The molecule has 0 atom stereocenters. The van der Waals surface area contributed by atoms with Crippen molar-refractivity contribution in [3.63, 3.8) is 0 Å². The maximum Gasteiger partial charge on any atom is 0.0158 e. The molecular formula is C51H36. The lowest BCUT2D eigenvalue weighted by Crippen LogP contribution is -2.14. The quantitative estimate of drug-likeness (QED) is 0.167. The van der Waals surface area contributed by atoms with Crippen LogP contribution in [0.5, 0.6) is 0 Å². The average molecular weight is 649 g/mol. The predicted octanol–water partition coefficient (Wildman–Crippen LogP) is 14.1. The maximum absolute atomic E-state index is 2.46. The summed E-state index contributed by atoms with van der Waals surface area (Å²) in [7, 11) is 0. The second-order valence-corrected chi connectivity index (χ2v) is 14.5. The zero-order valence-corrected chi connectivity index (χ0v) is 28.8. The third kappa shape index (κ3) is 4.60. The SMILES string of the molecule is CC1(C)c2ccccc2-c2cc(-c3c4ccccc4c(-c4ccccc4-c4ccccc4)c4ccc(-c5ccc6ccccc6c5)cc34)ccc21. The van der Waals surface area contributed by atoms with E-state index < -0.39 is 0 Å². The number of fused-ring (bicyclic) bond motifs is 6. The summed E-state index contributed by atoms with van der Waals surface area (Å²) in [6, 6.07) is 67.5. The predicted molar refractivity (Wildman–Crippen MR) is 218 cm³/mol. The molecule has 1 aliphatic rings. The largest absolute Gasteiger partial charge is 0.0622 e. The molecule has 0 amide bonds. The number of hydrogen-bond donors (Lipinski definition) is 0. The Kier molecular flexibility index (Phi) is 6.63. The van der Waals surface area contributed by atoms with E-state index in [-0.39, 0.29) is 5.41 Å². The first-order valence-corrected chi connectivity index (χ1v) is 17.9. The molecule has 0 heterocycles. The molecule has 51 heavy (non-hydrogen) atoms. The lowest BCUT2D eigenvalue weighted by atomic mass is 9.81. The third-order valence-electron chi connectivity index (χ3n) is 11.3. The summed E-state index contributed by atoms with van der Waals surface area (Å²) >= 11 is 0. The summed E-state index contributed by atoms with van der Waals surface area (Å²) in [5.74, 6) is 0. The van der Waals surface area contributed by atoms with Gasteiger partial charge in [0, 0.05) is 5.41 Å². The molecule has 0 spiro atoms. The molecule has 9 aromatic rings. The molecule has 0 radical (unpaired) electrons. The fraction of sp³-hybridized carbons (Fsp3) is 0.0588. The second-order valence-electron chi connectivity index (χ2n) is 14.5. The monoisotopic (exact) mass is 648 g/mol. The highest BCUT2D eigenvalue weighted by molar-refractivity contribution is 6.23. The first-order valence-electron chi connectivity index (χ1n) is 17.9. The number of hydrogen-bond acceptors (Lipinski definition) is 0. The van der Waals surface area contributed by atoms with Crippen LogP contribution >= 0.6 is 0 Å². The van der Waals surface area contributed by atoms with Crippen LogP contribution in [-0.4, -0.2) is 0 Å². The van der Waals surface area contributed by atoms with Crippen LogP contribution in [0.15, 0.2) is 182 Å². The molecule has 10 rings (SSSR count). The van der Waals surface area contributed by atoms with Gasteiger partial charge in [0.1, 0.15) is 0 Å². The smallest absolute Gasteiger partial charge is 0.0158 e. The Hall–Kier alpha value is -6.24. The topological polar surface area (TPSA) is 0 Å². The average Bonchev–Trinajstić information content (AvgIpc) is 3.42. The first kappa shape index (κ1) is 29.7. The van der Waals surface area contributed by atoms with Gasteiger partial charge in [-0.15, -0.1) is 0 Å². The van der Waals surface area contributed by atoms with Gasteiger partial charge in [0.2, 0.25) is 0 Å². The minimum absolute atomic E-state index is 0.0388. The summed E-state index contributed by atoms with van der Waals surface area (Å²) in [4.78, 5) is 0. The van der Waals surface area contributed by atoms with Crippen LogP contribution < -0.4 is 0 Å². The van der Waals surface area contributed by atoms with E-state index >= 15 is 0 Å². The molecule has 0 heteroatoms. The Morgan fingerprint density at radius 1 is 0.294 bits per heavy atom. The molecule has 0 aliphatic heterocycles. The first-order chi connectivity index (χ1) is 25.1. The van der Waals surface area contributed by atoms with Crippen molar-refractivity contribution in [3.8, 4) is 55.6 Å². The van der Waals surface area contributed by atoms with E-state index in [9.17, 15) is 0 Å². The lowest BCUT2D eigenvalue weighted by molar-refractivity contribution is 0.660. The van der Waals surface area contributed by atoms with E-state index in [1.54, 1.807) is 0 Å². The molecule has 0 bridgehead atoms. The molecule has 240 valence electrons. The van der Waals surface area contributed by atoms with Gasteiger partial charge in [-0.3, -0.25) is 0 Å². The van der Waals surface area contributed by atoms with Crippen molar-refractivity contribution >= 4 is 32.3 Å². The van der Waals surface area contributed by atoms with Crippen LogP contribution in [0.25, 0.3) is 88.0 Å². The van der Waals surface area contributed by atoms with Crippen molar-refractivity contribution < 1.29 is 0 Å². The summed E-state index contributed by atoms with van der Waals surface area (Å²) < 4.78 is 0. The normalized spacial score (nSPS) is 13.1. The van der Waals surface area contributed by atoms with Gasteiger partial charge in [0.25, 0.3) is 0 Å². The Balaban J connectivity index is 1.31. The number of benzene rings is 9. The van der Waals surface area contributed by atoms with Gasteiger partial charge in [-0.2, -0.15) is 0 Å². The van der Waals surface area contributed by atoms with Crippen molar-refractivity contribution in [2.45, 2.75) is 19.3 Å². The van der Waals surface area contributed by atoms with Crippen LogP contribution in [0.3, 0.4) is 0 Å². The second kappa shape index (κ2) is 11.4. The third-order valence-corrected chi connectivity index (χ3v) is 11.3. The van der Waals surface area contributed by atoms with Gasteiger partial charge < -0.3 is 0 Å². The van der Waals surface area contributed by atoms with E-state index in [0.29, 0.717) is 0 Å². The molecule has 0 fully saturated rings. The molecule has 0 unspecified atom stereocenters. The van der Waals surface area contributed by atoms with Gasteiger partial charge in [0.05, 0.1) is 0 Å². The summed E-state index contributed by atoms with van der Waals surface area (Å²) in [6.07, 6.45) is 0. The minimum atomic E-state index is -0.0388. The van der Waals surface area contributed by atoms with Crippen molar-refractivity contribution in [2.75, 3.05) is 0 Å². The summed E-state index contributed by atoms with van der Waals surface area (Å²) in [6.45, 7) is 4.72. The highest BCUT2D eigenvalue weighted by Gasteiger charge is 2.35. The van der Waals surface area contributed by atoms with Crippen LogP contribution in [0.2, 0.25) is 0 Å². The number of rotatable bonds is 4. The van der Waals surface area contributed by atoms with E-state index in [1.165, 1.54) is 99.1 Å². The molecule has 0 saturated carbocycles. The molecular weight excluding hydrogens is 613 g/mol. The van der Waals surface area contributed by atoms with E-state index in [0.717, 1.165) is 0 Å². The fourth-order valence-corrected chi connectivity index (χ4v) is 8.77. The van der Waals surface area contributed by atoms with Gasteiger partial charge in [-0.05, 0) is 117 Å². The van der Waals surface area contributed by atoms with Gasteiger partial charge >= 0.3 is 0 Å². The Morgan fingerprint density at radius 2 is 0.863 bits per heavy atom. The molecule has 0 aromatic heterocycles. The van der Waals surface area contributed by atoms with Gasteiger partial charge in [0.15, 0.2) is 0 Å². The van der Waals surface area contributed by atoms with E-state index in [4.69, 9.17) is 0 Å². The Morgan fingerprint density at radius 3 is 1.69 bits per heavy atom. The fourth-order valence-electron chi connectivity index (χ4n) is 8.77. The Bertz CT molecular complexity index is 2820.